The molecular formula is C12H14ClNO4. The Morgan fingerprint density at radius 1 is 1.33 bits per heavy atom. The zero-order valence-corrected chi connectivity index (χ0v) is 10.9. The van der Waals surface area contributed by atoms with Gasteiger partial charge < -0.3 is 14.8 Å². The van der Waals surface area contributed by atoms with Gasteiger partial charge in [0.1, 0.15) is 5.75 Å². The van der Waals surface area contributed by atoms with Crippen LogP contribution in [0, 0.1) is 0 Å². The second-order valence-corrected chi connectivity index (χ2v) is 3.86. The Bertz CT molecular complexity index is 448. The van der Waals surface area contributed by atoms with Crippen LogP contribution in [0.25, 0.3) is 0 Å². The Morgan fingerprint density at radius 2 is 2.06 bits per heavy atom. The summed E-state index contributed by atoms with van der Waals surface area (Å²) in [6.07, 6.45) is 0.116. The highest BCUT2D eigenvalue weighted by atomic mass is 35.5. The van der Waals surface area contributed by atoms with Crippen LogP contribution in [-0.4, -0.2) is 32.6 Å². The molecule has 1 aromatic carbocycles. The number of nitrogens with one attached hydrogen (secondary N) is 1. The summed E-state index contributed by atoms with van der Waals surface area (Å²) < 4.78 is 9.52. The largest absolute Gasteiger partial charge is 0.496 e. The van der Waals surface area contributed by atoms with Crippen molar-refractivity contribution >= 4 is 23.5 Å². The molecule has 0 saturated heterocycles. The highest BCUT2D eigenvalue weighted by molar-refractivity contribution is 6.31. The molecule has 98 valence electrons. The third-order valence-corrected chi connectivity index (χ3v) is 2.48. The summed E-state index contributed by atoms with van der Waals surface area (Å²) in [6.45, 7) is 0.196. The molecule has 1 amide bonds. The van der Waals surface area contributed by atoms with Crippen molar-refractivity contribution in [3.05, 3.63) is 28.8 Å². The number of carbonyl (C=O) groups is 2. The normalized spacial score (nSPS) is 9.72. The van der Waals surface area contributed by atoms with Crippen LogP contribution >= 0.6 is 11.6 Å². The quantitative estimate of drug-likeness (QED) is 0.827. The molecule has 0 fully saturated rings. The van der Waals surface area contributed by atoms with Gasteiger partial charge in [0.05, 0.1) is 26.2 Å². The topological polar surface area (TPSA) is 64.6 Å². The lowest BCUT2D eigenvalue weighted by Crippen LogP contribution is -2.26. The minimum atomic E-state index is -0.381. The van der Waals surface area contributed by atoms with Crippen LogP contribution in [0.1, 0.15) is 16.8 Å². The minimum Gasteiger partial charge on any atom is -0.496 e. The maximum atomic E-state index is 11.8. The average molecular weight is 272 g/mol. The lowest BCUT2D eigenvalue weighted by molar-refractivity contribution is -0.140. The van der Waals surface area contributed by atoms with Crippen LogP contribution in [0.5, 0.6) is 5.75 Å². The van der Waals surface area contributed by atoms with Gasteiger partial charge in [-0.3, -0.25) is 9.59 Å². The number of halogens is 1. The fourth-order valence-corrected chi connectivity index (χ4v) is 1.51. The number of benzene rings is 1. The fourth-order valence-electron chi connectivity index (χ4n) is 1.33. The van der Waals surface area contributed by atoms with Gasteiger partial charge in [0.2, 0.25) is 0 Å². The van der Waals surface area contributed by atoms with Gasteiger partial charge in [0, 0.05) is 11.6 Å². The zero-order valence-electron chi connectivity index (χ0n) is 10.2. The van der Waals surface area contributed by atoms with E-state index in [9.17, 15) is 9.59 Å². The molecule has 0 heterocycles. The Balaban J connectivity index is 2.66. The molecule has 0 aliphatic heterocycles. The molecule has 0 atom stereocenters. The van der Waals surface area contributed by atoms with Gasteiger partial charge in [0.25, 0.3) is 5.91 Å². The minimum absolute atomic E-state index is 0.116. The third kappa shape index (κ3) is 3.92. The SMILES string of the molecule is COC(=O)CCNC(=O)c1cc(Cl)ccc1OC. The van der Waals surface area contributed by atoms with Crippen LogP contribution < -0.4 is 10.1 Å². The molecule has 1 N–H and O–H groups in total. The van der Waals surface area contributed by atoms with E-state index >= 15 is 0 Å². The van der Waals surface area contributed by atoms with Crippen molar-refractivity contribution in [1.29, 1.82) is 0 Å². The van der Waals surface area contributed by atoms with Crippen molar-refractivity contribution in [2.45, 2.75) is 6.42 Å². The van der Waals surface area contributed by atoms with E-state index in [0.29, 0.717) is 16.3 Å². The van der Waals surface area contributed by atoms with Gasteiger partial charge in [-0.1, -0.05) is 11.6 Å². The predicted molar refractivity (Wildman–Crippen MR) is 67.0 cm³/mol. The maximum Gasteiger partial charge on any atom is 0.307 e. The van der Waals surface area contributed by atoms with Crippen LogP contribution in [0.15, 0.2) is 18.2 Å². The first-order chi connectivity index (χ1) is 8.58. The Hall–Kier alpha value is -1.75. The highest BCUT2D eigenvalue weighted by Gasteiger charge is 2.12. The van der Waals surface area contributed by atoms with Crippen LogP contribution in [0.4, 0.5) is 0 Å². The fraction of sp³-hybridized carbons (Fsp3) is 0.333. The number of esters is 1. The lowest BCUT2D eigenvalue weighted by Gasteiger charge is -2.09. The zero-order chi connectivity index (χ0) is 13.5. The number of carbonyl (C=O) groups excluding carboxylic acids is 2. The molecule has 0 unspecified atom stereocenters. The van der Waals surface area contributed by atoms with E-state index in [1.807, 2.05) is 0 Å². The number of rotatable bonds is 5. The maximum absolute atomic E-state index is 11.8. The molecule has 0 saturated carbocycles. The van der Waals surface area contributed by atoms with Gasteiger partial charge in [0.15, 0.2) is 0 Å². The number of hydrogen-bond acceptors (Lipinski definition) is 4. The Morgan fingerprint density at radius 3 is 2.67 bits per heavy atom. The molecule has 1 aromatic rings. The summed E-state index contributed by atoms with van der Waals surface area (Å²) in [4.78, 5) is 22.7. The standard InChI is InChI=1S/C12H14ClNO4/c1-17-10-4-3-8(13)7-9(10)12(16)14-6-5-11(15)18-2/h3-4,7H,5-6H2,1-2H3,(H,14,16). The van der Waals surface area contributed by atoms with Gasteiger partial charge in [-0.25, -0.2) is 0 Å². The van der Waals surface area contributed by atoms with Crippen LogP contribution in [-0.2, 0) is 9.53 Å². The summed E-state index contributed by atoms with van der Waals surface area (Å²) in [5, 5.41) is 3.03. The number of hydrogen-bond donors (Lipinski definition) is 1. The lowest BCUT2D eigenvalue weighted by atomic mass is 10.2. The Labute approximate surface area is 110 Å². The molecule has 0 spiro atoms. The van der Waals surface area contributed by atoms with E-state index in [2.05, 4.69) is 10.1 Å². The third-order valence-electron chi connectivity index (χ3n) is 2.25. The smallest absolute Gasteiger partial charge is 0.307 e. The summed E-state index contributed by atoms with van der Waals surface area (Å²) in [7, 11) is 2.76. The first kappa shape index (κ1) is 14.3. The van der Waals surface area contributed by atoms with E-state index in [1.54, 1.807) is 12.1 Å². The van der Waals surface area contributed by atoms with E-state index in [-0.39, 0.29) is 24.8 Å². The van der Waals surface area contributed by atoms with Gasteiger partial charge in [-0.05, 0) is 18.2 Å². The van der Waals surface area contributed by atoms with Crippen molar-refractivity contribution in [2.75, 3.05) is 20.8 Å². The number of amides is 1. The molecule has 1 rings (SSSR count). The first-order valence-electron chi connectivity index (χ1n) is 5.27. The van der Waals surface area contributed by atoms with Crippen molar-refractivity contribution in [1.82, 2.24) is 5.32 Å². The molecule has 0 aliphatic carbocycles. The van der Waals surface area contributed by atoms with E-state index in [4.69, 9.17) is 16.3 Å². The van der Waals surface area contributed by atoms with Crippen molar-refractivity contribution in [2.24, 2.45) is 0 Å². The molecule has 0 aliphatic rings. The second-order valence-electron chi connectivity index (χ2n) is 3.43. The van der Waals surface area contributed by atoms with Gasteiger partial charge in [-0.2, -0.15) is 0 Å². The molecule has 0 aromatic heterocycles. The van der Waals surface area contributed by atoms with Gasteiger partial charge in [-0.15, -0.1) is 0 Å². The molecule has 6 heteroatoms. The molecular weight excluding hydrogens is 258 g/mol. The van der Waals surface area contributed by atoms with E-state index < -0.39 is 0 Å². The average Bonchev–Trinajstić information content (AvgIpc) is 2.38. The summed E-state index contributed by atoms with van der Waals surface area (Å²) in [5.74, 6) is -0.304. The highest BCUT2D eigenvalue weighted by Crippen LogP contribution is 2.22. The Kier molecular flexibility index (Phi) is 5.45. The van der Waals surface area contributed by atoms with Crippen LogP contribution in [0.2, 0.25) is 5.02 Å². The van der Waals surface area contributed by atoms with Crippen molar-refractivity contribution in [3.8, 4) is 5.75 Å². The van der Waals surface area contributed by atoms with Gasteiger partial charge >= 0.3 is 5.97 Å². The van der Waals surface area contributed by atoms with Crippen molar-refractivity contribution in [3.63, 3.8) is 0 Å². The first-order valence-corrected chi connectivity index (χ1v) is 5.65. The summed E-state index contributed by atoms with van der Waals surface area (Å²) in [5.41, 5.74) is 0.329. The monoisotopic (exact) mass is 271 g/mol. The van der Waals surface area contributed by atoms with E-state index in [1.165, 1.54) is 20.3 Å². The molecule has 5 nitrogen and oxygen atoms in total. The van der Waals surface area contributed by atoms with E-state index in [0.717, 1.165) is 0 Å². The number of ether oxygens (including phenoxy) is 2. The second kappa shape index (κ2) is 6.86. The summed E-state index contributed by atoms with van der Waals surface area (Å²) in [6, 6.07) is 4.75. The molecule has 0 bridgehead atoms. The van der Waals surface area contributed by atoms with Crippen molar-refractivity contribution < 1.29 is 19.1 Å². The molecule has 0 radical (unpaired) electrons. The summed E-state index contributed by atoms with van der Waals surface area (Å²) >= 11 is 5.82. The molecule has 18 heavy (non-hydrogen) atoms. The predicted octanol–water partition coefficient (Wildman–Crippen LogP) is 1.64. The number of methoxy groups -OCH3 is 2. The van der Waals surface area contributed by atoms with Crippen LogP contribution in [0.3, 0.4) is 0 Å².